The molecule has 9 heteroatoms. The molecule has 4 aromatic rings. The first kappa shape index (κ1) is 26.4. The van der Waals surface area contributed by atoms with Gasteiger partial charge in [-0.15, -0.1) is 11.8 Å². The molecule has 1 aliphatic rings. The third-order valence-electron chi connectivity index (χ3n) is 6.37. The lowest BCUT2D eigenvalue weighted by molar-refractivity contribution is -0.133. The van der Waals surface area contributed by atoms with E-state index in [1.54, 1.807) is 42.5 Å². The molecular formula is C29H24ClFN2O3S2. The Morgan fingerprint density at radius 3 is 2.66 bits per heavy atom. The van der Waals surface area contributed by atoms with Crippen molar-refractivity contribution in [3.05, 3.63) is 105 Å². The van der Waals surface area contributed by atoms with Crippen molar-refractivity contribution >= 4 is 46.4 Å². The Kier molecular flexibility index (Phi) is 7.56. The maximum atomic E-state index is 13.9. The molecule has 38 heavy (non-hydrogen) atoms. The summed E-state index contributed by atoms with van der Waals surface area (Å²) in [5.74, 6) is -0.170. The van der Waals surface area contributed by atoms with Crippen molar-refractivity contribution in [2.24, 2.45) is 0 Å². The van der Waals surface area contributed by atoms with Gasteiger partial charge in [0.1, 0.15) is 22.4 Å². The van der Waals surface area contributed by atoms with Crippen molar-refractivity contribution in [3.8, 4) is 11.6 Å². The highest BCUT2D eigenvalue weighted by atomic mass is 35.5. The van der Waals surface area contributed by atoms with Crippen LogP contribution < -0.4 is 10.1 Å². The van der Waals surface area contributed by atoms with Crippen LogP contribution in [0.25, 0.3) is 0 Å². The number of carbonyl (C=O) groups is 2. The number of Topliss-reactive ketones (excluding diaryl/α,β-unsaturated/α-hetero) is 1. The van der Waals surface area contributed by atoms with Gasteiger partial charge in [-0.05, 0) is 64.7 Å². The topological polar surface area (TPSA) is 68.3 Å². The Bertz CT molecular complexity index is 1470. The summed E-state index contributed by atoms with van der Waals surface area (Å²) in [7, 11) is 0. The number of nitrogens with one attached hydrogen (secondary N) is 1. The molecule has 0 aliphatic carbocycles. The second-order valence-electron chi connectivity index (χ2n) is 9.28. The van der Waals surface area contributed by atoms with Crippen LogP contribution in [0.15, 0.2) is 82.4 Å². The predicted molar refractivity (Wildman–Crippen MR) is 149 cm³/mol. The van der Waals surface area contributed by atoms with E-state index in [-0.39, 0.29) is 29.8 Å². The molecule has 2 aromatic carbocycles. The van der Waals surface area contributed by atoms with E-state index in [1.165, 1.54) is 23.5 Å². The van der Waals surface area contributed by atoms with Crippen LogP contribution in [0.1, 0.15) is 43.0 Å². The van der Waals surface area contributed by atoms with Gasteiger partial charge in [0, 0.05) is 22.9 Å². The van der Waals surface area contributed by atoms with Gasteiger partial charge in [-0.2, -0.15) is 11.3 Å². The fourth-order valence-corrected chi connectivity index (χ4v) is 6.45. The lowest BCUT2D eigenvalue weighted by Crippen LogP contribution is -2.58. The summed E-state index contributed by atoms with van der Waals surface area (Å²) in [4.78, 5) is 32.4. The number of amides is 1. The maximum absolute atomic E-state index is 13.9. The van der Waals surface area contributed by atoms with E-state index >= 15 is 0 Å². The quantitative estimate of drug-likeness (QED) is 0.237. The Balaban J connectivity index is 1.49. The number of benzene rings is 2. The fraction of sp³-hybridized carbons (Fsp3) is 0.207. The number of halogens is 2. The fourth-order valence-electron chi connectivity index (χ4n) is 4.48. The molecule has 5 rings (SSSR count). The Hall–Kier alpha value is -3.20. The summed E-state index contributed by atoms with van der Waals surface area (Å²) in [5.41, 5.74) is 0.795. The standard InChI is InChI=1S/C29H24ClFN2O3S2/c1-17(2)20-14-19(31)10-11-23(20)36-26-9-5-8-25(32-26)29(18-12-13-37-16-18)15-22(34)27(28(35)33-29)38-24-7-4-3-6-21(24)30/h3-14,16-17,27H,15H2,1-2H3,(H,33,35). The van der Waals surface area contributed by atoms with Gasteiger partial charge < -0.3 is 10.1 Å². The number of aromatic nitrogens is 1. The summed E-state index contributed by atoms with van der Waals surface area (Å²) in [6.07, 6.45) is 0.0157. The lowest BCUT2D eigenvalue weighted by atomic mass is 9.79. The van der Waals surface area contributed by atoms with Gasteiger partial charge in [-0.25, -0.2) is 9.37 Å². The molecule has 1 fully saturated rings. The first-order valence-corrected chi connectivity index (χ1v) is 14.2. The van der Waals surface area contributed by atoms with E-state index in [1.807, 2.05) is 36.7 Å². The molecule has 1 amide bonds. The molecule has 194 valence electrons. The molecule has 2 atom stereocenters. The number of pyridine rings is 1. The third kappa shape index (κ3) is 5.21. The summed E-state index contributed by atoms with van der Waals surface area (Å²) in [5, 5.41) is 6.46. The van der Waals surface area contributed by atoms with E-state index < -0.39 is 16.7 Å². The average molecular weight is 567 g/mol. The van der Waals surface area contributed by atoms with Gasteiger partial charge in [-0.1, -0.05) is 43.6 Å². The van der Waals surface area contributed by atoms with Crippen LogP contribution in [0, 0.1) is 5.82 Å². The van der Waals surface area contributed by atoms with Gasteiger partial charge in [0.15, 0.2) is 5.78 Å². The molecule has 2 unspecified atom stereocenters. The van der Waals surface area contributed by atoms with Crippen molar-refractivity contribution in [1.29, 1.82) is 0 Å². The minimum Gasteiger partial charge on any atom is -0.439 e. The molecule has 0 bridgehead atoms. The van der Waals surface area contributed by atoms with Gasteiger partial charge in [0.25, 0.3) is 0 Å². The van der Waals surface area contributed by atoms with Crippen molar-refractivity contribution in [2.75, 3.05) is 0 Å². The minimum absolute atomic E-state index is 0.0157. The smallest absolute Gasteiger partial charge is 0.242 e. The maximum Gasteiger partial charge on any atom is 0.242 e. The first-order valence-electron chi connectivity index (χ1n) is 12.0. The zero-order chi connectivity index (χ0) is 26.9. The monoisotopic (exact) mass is 566 g/mol. The van der Waals surface area contributed by atoms with E-state index in [0.29, 0.717) is 26.9 Å². The molecule has 1 N–H and O–H groups in total. The third-order valence-corrected chi connectivity index (χ3v) is 8.82. The van der Waals surface area contributed by atoms with Crippen LogP contribution in [-0.2, 0) is 15.1 Å². The highest BCUT2D eigenvalue weighted by Crippen LogP contribution is 2.41. The molecule has 1 aliphatic heterocycles. The van der Waals surface area contributed by atoms with Crippen LogP contribution in [0.4, 0.5) is 4.39 Å². The Labute approximate surface area is 233 Å². The molecule has 2 aromatic heterocycles. The Morgan fingerprint density at radius 2 is 1.95 bits per heavy atom. The predicted octanol–water partition coefficient (Wildman–Crippen LogP) is 7.34. The molecule has 5 nitrogen and oxygen atoms in total. The van der Waals surface area contributed by atoms with E-state index in [4.69, 9.17) is 21.3 Å². The number of ketones is 1. The second-order valence-corrected chi connectivity index (χ2v) is 11.6. The van der Waals surface area contributed by atoms with Crippen LogP contribution in [0.5, 0.6) is 11.6 Å². The van der Waals surface area contributed by atoms with Gasteiger partial charge in [0.2, 0.25) is 11.8 Å². The summed E-state index contributed by atoms with van der Waals surface area (Å²) in [6, 6.07) is 18.6. The normalized spacial score (nSPS) is 19.4. The SMILES string of the molecule is CC(C)c1cc(F)ccc1Oc1cccc(C2(c3ccsc3)CC(=O)C(Sc3ccccc3Cl)C(=O)N2)n1. The molecule has 0 spiro atoms. The number of rotatable bonds is 7. The summed E-state index contributed by atoms with van der Waals surface area (Å²) in [6.45, 7) is 3.91. The number of thiophene rings is 1. The zero-order valence-corrected chi connectivity index (χ0v) is 23.0. The molecule has 0 radical (unpaired) electrons. The first-order chi connectivity index (χ1) is 18.3. The van der Waals surface area contributed by atoms with Gasteiger partial charge in [0.05, 0.1) is 10.7 Å². The molecule has 3 heterocycles. The van der Waals surface area contributed by atoms with E-state index in [0.717, 1.165) is 17.3 Å². The van der Waals surface area contributed by atoms with Crippen LogP contribution in [0.2, 0.25) is 5.02 Å². The molecular weight excluding hydrogens is 543 g/mol. The average Bonchev–Trinajstić information content (AvgIpc) is 3.44. The number of piperidine rings is 1. The largest absolute Gasteiger partial charge is 0.439 e. The minimum atomic E-state index is -1.16. The molecule has 1 saturated heterocycles. The Morgan fingerprint density at radius 1 is 1.13 bits per heavy atom. The number of carbonyl (C=O) groups excluding carboxylic acids is 2. The summed E-state index contributed by atoms with van der Waals surface area (Å²) < 4.78 is 20.0. The summed E-state index contributed by atoms with van der Waals surface area (Å²) >= 11 is 8.90. The van der Waals surface area contributed by atoms with Gasteiger partial charge >= 0.3 is 0 Å². The highest BCUT2D eigenvalue weighted by Gasteiger charge is 2.48. The number of ether oxygens (including phenoxy) is 1. The van der Waals surface area contributed by atoms with Gasteiger partial charge in [-0.3, -0.25) is 9.59 Å². The van der Waals surface area contributed by atoms with E-state index in [9.17, 15) is 14.0 Å². The lowest BCUT2D eigenvalue weighted by Gasteiger charge is -2.39. The van der Waals surface area contributed by atoms with Crippen molar-refractivity contribution in [1.82, 2.24) is 10.3 Å². The van der Waals surface area contributed by atoms with Crippen molar-refractivity contribution < 1.29 is 18.7 Å². The van der Waals surface area contributed by atoms with E-state index in [2.05, 4.69) is 5.32 Å². The van der Waals surface area contributed by atoms with Crippen LogP contribution in [-0.4, -0.2) is 21.9 Å². The van der Waals surface area contributed by atoms with Crippen molar-refractivity contribution in [2.45, 2.75) is 41.9 Å². The second kappa shape index (κ2) is 10.9. The number of hydrogen-bond acceptors (Lipinski definition) is 6. The van der Waals surface area contributed by atoms with Crippen LogP contribution >= 0.6 is 34.7 Å². The number of hydrogen-bond donors (Lipinski definition) is 1. The zero-order valence-electron chi connectivity index (χ0n) is 20.6. The van der Waals surface area contributed by atoms with Crippen LogP contribution in [0.3, 0.4) is 0 Å². The highest BCUT2D eigenvalue weighted by molar-refractivity contribution is 8.01. The molecule has 0 saturated carbocycles. The van der Waals surface area contributed by atoms with Crippen molar-refractivity contribution in [3.63, 3.8) is 0 Å². The number of thioether (sulfide) groups is 1. The number of nitrogens with zero attached hydrogens (tertiary/aromatic N) is 1.